The summed E-state index contributed by atoms with van der Waals surface area (Å²) >= 11 is 0. The maximum atomic E-state index is 11.2. The highest BCUT2D eigenvalue weighted by molar-refractivity contribution is 5.81. The Labute approximate surface area is 723 Å². The normalized spacial score (nSPS) is 12.2. The number of allylic oxidation sites excluding steroid dienone is 19. The lowest BCUT2D eigenvalue weighted by Crippen LogP contribution is -2.25. The molecule has 0 aliphatic heterocycles. The van der Waals surface area contributed by atoms with Gasteiger partial charge in [0, 0.05) is 85.8 Å². The standard InChI is InChI=1S/C13H17NO6.C12H18O5.5C8H13N.2C8H11N.C7H8O.C2H6.3CH5N.3CH4/c1-4-10-17-19-12(15)6-8-14(3)9-7-13(16)20-18-11-5-2;1-3-5-14-6-7-15-8-9-16-10-11-17-12(13)4-2;7*1-9-7-8-5-3-2-4-6-8;8-6-7-4-2-1-3-5-7;4*1-2;;;/h6-9H2,1-3H3;4H,2,6-11H2,1H3;5*2-3,5,9H,4,6-7H2,1H3;2*2-6,9H,7H2,1H3;1-2,4,6H,3,5H2;1-2H3;3*2H2,1H3;3*1H4. The maximum absolute atomic E-state index is 11.2. The average Bonchev–Trinajstić information content (AvgIpc) is 0.972. The van der Waals surface area contributed by atoms with Crippen molar-refractivity contribution in [3.63, 3.8) is 0 Å². The van der Waals surface area contributed by atoms with E-state index in [-0.39, 0.29) is 41.7 Å². The first kappa shape index (κ1) is 128. The number of nitrogens with two attached hydrogens (primary N) is 3. The summed E-state index contributed by atoms with van der Waals surface area (Å²) in [5.41, 5.74) is 24.6. The molecular formula is C96H163N11O12. The van der Waals surface area contributed by atoms with Gasteiger partial charge in [-0.3, -0.25) is 4.79 Å². The molecule has 2 aromatic rings. The quantitative estimate of drug-likeness (QED) is 0.00604. The summed E-state index contributed by atoms with van der Waals surface area (Å²) in [4.78, 5) is 62.1. The molecule has 674 valence electrons. The number of hydrogen-bond acceptors (Lipinski definition) is 23. The summed E-state index contributed by atoms with van der Waals surface area (Å²) in [7, 11) is 20.1. The minimum atomic E-state index is -0.538. The van der Waals surface area contributed by atoms with Gasteiger partial charge in [-0.15, -0.1) is 0 Å². The molecule has 2 aromatic carbocycles. The van der Waals surface area contributed by atoms with Crippen LogP contribution in [-0.2, 0) is 70.8 Å². The van der Waals surface area contributed by atoms with Crippen molar-refractivity contribution in [1.82, 2.24) is 42.1 Å². The van der Waals surface area contributed by atoms with Gasteiger partial charge in [-0.2, -0.15) is 0 Å². The molecule has 0 heterocycles. The number of hydrogen-bond donors (Lipinski definition) is 10. The highest BCUT2D eigenvalue weighted by atomic mass is 17.2. The molecule has 0 spiro atoms. The molecule has 0 saturated carbocycles. The number of carbonyl (C=O) groups excluding carboxylic acids is 4. The van der Waals surface area contributed by atoms with Crippen molar-refractivity contribution in [2.24, 2.45) is 17.2 Å². The van der Waals surface area contributed by atoms with E-state index in [1.807, 2.05) is 112 Å². The van der Waals surface area contributed by atoms with Crippen molar-refractivity contribution in [1.29, 1.82) is 0 Å². The van der Waals surface area contributed by atoms with E-state index in [1.165, 1.54) is 124 Å². The van der Waals surface area contributed by atoms with Crippen LogP contribution in [0.5, 0.6) is 0 Å². The fourth-order valence-corrected chi connectivity index (χ4v) is 9.24. The van der Waals surface area contributed by atoms with Crippen LogP contribution in [0.1, 0.15) is 158 Å². The Balaban J connectivity index is -0.000000162. The topological polar surface area (TPSA) is 308 Å². The first-order valence-corrected chi connectivity index (χ1v) is 40.0. The van der Waals surface area contributed by atoms with E-state index < -0.39 is 17.9 Å². The maximum Gasteiger partial charge on any atom is 0.357 e. The average molecular weight is 1660 g/mol. The predicted octanol–water partition coefficient (Wildman–Crippen LogP) is 14.7. The summed E-state index contributed by atoms with van der Waals surface area (Å²) in [5, 5.41) is 21.8. The SMILES string of the molecule is C.C.C.C=CC(=O)OCCOCCOCCOC#CC.CC.CC#COOC(=O)CCN(C)CCC(=O)OOC#CC.CN.CN.CN.CNCC1=CC=CCC1.CNCC1=CC=CCC1.CNCC1=CC=CCC1.CNCC1=CC=CCC1.CNCC1=CC=CCC1.CNCc1ccccc1.CNCc1ccccc1.O=CC1=CC=CCC1. The Morgan fingerprint density at radius 3 is 0.950 bits per heavy atom. The van der Waals surface area contributed by atoms with Gasteiger partial charge < -0.3 is 78.3 Å². The summed E-state index contributed by atoms with van der Waals surface area (Å²) in [6, 6.07) is 20.7. The van der Waals surface area contributed by atoms with Crippen LogP contribution in [0.25, 0.3) is 0 Å². The Morgan fingerprint density at radius 2 is 0.706 bits per heavy atom. The molecule has 23 heteroatoms. The van der Waals surface area contributed by atoms with E-state index in [4.69, 9.17) is 18.9 Å². The zero-order chi connectivity index (χ0) is 87.5. The molecule has 0 fully saturated rings. The van der Waals surface area contributed by atoms with Crippen molar-refractivity contribution < 1.29 is 57.7 Å². The van der Waals surface area contributed by atoms with E-state index in [0.29, 0.717) is 46.1 Å². The molecule has 0 atom stereocenters. The van der Waals surface area contributed by atoms with Gasteiger partial charge >= 0.3 is 17.9 Å². The van der Waals surface area contributed by atoms with Gasteiger partial charge in [0.15, 0.2) is 12.2 Å². The van der Waals surface area contributed by atoms with E-state index in [2.05, 4.69) is 238 Å². The zero-order valence-corrected chi connectivity index (χ0v) is 73.6. The minimum Gasteiger partial charge on any atom is -0.460 e. The van der Waals surface area contributed by atoms with Crippen LogP contribution < -0.4 is 54.4 Å². The molecule has 0 aromatic heterocycles. The molecule has 13 N–H and O–H groups in total. The lowest BCUT2D eigenvalue weighted by atomic mass is 10.1. The number of likely N-dealkylation sites (N-methyl/N-ethyl adjacent to an activating group) is 5. The third kappa shape index (κ3) is 97.4. The van der Waals surface area contributed by atoms with Crippen LogP contribution >= 0.6 is 0 Å². The van der Waals surface area contributed by atoms with Crippen LogP contribution in [0.4, 0.5) is 0 Å². The number of aldehydes is 1. The first-order chi connectivity index (χ1) is 56.9. The van der Waals surface area contributed by atoms with E-state index in [1.54, 1.807) is 32.7 Å². The highest BCUT2D eigenvalue weighted by Gasteiger charge is 2.11. The van der Waals surface area contributed by atoms with Gasteiger partial charge in [-0.1, -0.05) is 258 Å². The van der Waals surface area contributed by atoms with E-state index >= 15 is 0 Å². The van der Waals surface area contributed by atoms with Crippen molar-refractivity contribution in [3.8, 4) is 36.1 Å². The molecule has 0 bridgehead atoms. The van der Waals surface area contributed by atoms with Crippen molar-refractivity contribution in [2.45, 2.75) is 160 Å². The molecule has 0 radical (unpaired) electrons. The van der Waals surface area contributed by atoms with E-state index in [0.717, 1.165) is 76.6 Å². The van der Waals surface area contributed by atoms with Gasteiger partial charge in [0.25, 0.3) is 0 Å². The molecule has 119 heavy (non-hydrogen) atoms. The van der Waals surface area contributed by atoms with Gasteiger partial charge in [0.2, 0.25) is 0 Å². The Kier molecular flexibility index (Phi) is 119. The fourth-order valence-electron chi connectivity index (χ4n) is 9.24. The van der Waals surface area contributed by atoms with Gasteiger partial charge in [0.05, 0.1) is 39.3 Å². The first-order valence-electron chi connectivity index (χ1n) is 40.0. The molecular weight excluding hydrogens is 1500 g/mol. The summed E-state index contributed by atoms with van der Waals surface area (Å²) in [5.74, 6) is 5.90. The number of ether oxygens (including phenoxy) is 4. The van der Waals surface area contributed by atoms with Crippen LogP contribution in [0.15, 0.2) is 216 Å². The summed E-state index contributed by atoms with van der Waals surface area (Å²) < 4.78 is 19.9. The highest BCUT2D eigenvalue weighted by Crippen LogP contribution is 2.14. The van der Waals surface area contributed by atoms with Crippen molar-refractivity contribution in [2.75, 3.05) is 163 Å². The second-order valence-corrected chi connectivity index (χ2v) is 23.9. The van der Waals surface area contributed by atoms with E-state index in [9.17, 15) is 19.2 Å². The van der Waals surface area contributed by atoms with Crippen molar-refractivity contribution >= 4 is 24.2 Å². The fraction of sp³-hybridized carbons (Fsp3) is 0.500. The predicted molar refractivity (Wildman–Crippen MR) is 505 cm³/mol. The Bertz CT molecular complexity index is 2960. The van der Waals surface area contributed by atoms with Crippen LogP contribution in [0, 0.1) is 36.1 Å². The Hall–Kier alpha value is -9.30. The third-order valence-corrected chi connectivity index (χ3v) is 14.6. The van der Waals surface area contributed by atoms with Crippen molar-refractivity contribution in [3.05, 3.63) is 227 Å². The van der Waals surface area contributed by atoms with Crippen LogP contribution in [-0.4, -0.2) is 192 Å². The number of carbonyl (C=O) groups is 4. The van der Waals surface area contributed by atoms with Gasteiger partial charge in [0.1, 0.15) is 25.6 Å². The lowest BCUT2D eigenvalue weighted by molar-refractivity contribution is -0.231. The third-order valence-electron chi connectivity index (χ3n) is 14.6. The zero-order valence-electron chi connectivity index (χ0n) is 73.6. The smallest absolute Gasteiger partial charge is 0.357 e. The number of esters is 1. The summed E-state index contributed by atoms with van der Waals surface area (Å²) in [6.45, 7) is 22.5. The molecule has 0 amide bonds. The molecule has 0 saturated heterocycles. The van der Waals surface area contributed by atoms with Gasteiger partial charge in [-0.05, 0) is 171 Å². The largest absolute Gasteiger partial charge is 0.460 e. The molecule has 6 aliphatic rings. The number of rotatable bonds is 33. The number of nitrogens with zero attached hydrogens (tertiary/aromatic N) is 1. The lowest BCUT2D eigenvalue weighted by Gasteiger charge is -2.14. The van der Waals surface area contributed by atoms with Gasteiger partial charge in [-0.25, -0.2) is 33.9 Å². The molecule has 8 rings (SSSR count). The second kappa shape index (κ2) is 111. The number of benzene rings is 2. The summed E-state index contributed by atoms with van der Waals surface area (Å²) in [6.07, 6.45) is 61.7. The molecule has 6 aliphatic carbocycles. The van der Waals surface area contributed by atoms with Crippen LogP contribution in [0.2, 0.25) is 0 Å². The molecule has 0 unspecified atom stereocenters. The number of nitrogens with one attached hydrogen (secondary N) is 7. The Morgan fingerprint density at radius 1 is 0.420 bits per heavy atom. The molecule has 23 nitrogen and oxygen atoms in total. The second-order valence-electron chi connectivity index (χ2n) is 23.9. The minimum absolute atomic E-state index is 0. The van der Waals surface area contributed by atoms with Crippen LogP contribution in [0.3, 0.4) is 0 Å². The monoisotopic (exact) mass is 1660 g/mol.